The summed E-state index contributed by atoms with van der Waals surface area (Å²) in [6.45, 7) is 0.345. The lowest BCUT2D eigenvalue weighted by Crippen LogP contribution is -2.21. The standard InChI is InChI=1S/C11H13ClFNO/c12-8-2-1-3-9(13)10(8)7-4-11(7,5-14)6-15/h1-3,7,15H,4-6,14H2. The third-order valence-electron chi connectivity index (χ3n) is 3.26. The van der Waals surface area contributed by atoms with Crippen LogP contribution in [-0.4, -0.2) is 18.3 Å². The summed E-state index contributed by atoms with van der Waals surface area (Å²) in [4.78, 5) is 0. The van der Waals surface area contributed by atoms with E-state index in [4.69, 9.17) is 17.3 Å². The lowest BCUT2D eigenvalue weighted by Gasteiger charge is -2.12. The van der Waals surface area contributed by atoms with Gasteiger partial charge in [0, 0.05) is 22.5 Å². The Morgan fingerprint density at radius 2 is 2.33 bits per heavy atom. The van der Waals surface area contributed by atoms with Gasteiger partial charge in [0.2, 0.25) is 0 Å². The minimum Gasteiger partial charge on any atom is -0.396 e. The van der Waals surface area contributed by atoms with Gasteiger partial charge in [-0.15, -0.1) is 0 Å². The van der Waals surface area contributed by atoms with Crippen molar-refractivity contribution in [3.05, 3.63) is 34.6 Å². The molecule has 0 aromatic heterocycles. The van der Waals surface area contributed by atoms with Gasteiger partial charge in [-0.05, 0) is 24.5 Å². The third kappa shape index (κ3) is 1.65. The SMILES string of the molecule is NCC1(CO)CC1c1c(F)cccc1Cl. The van der Waals surface area contributed by atoms with Gasteiger partial charge in [0.1, 0.15) is 5.82 Å². The lowest BCUT2D eigenvalue weighted by molar-refractivity contribution is 0.211. The largest absolute Gasteiger partial charge is 0.396 e. The summed E-state index contributed by atoms with van der Waals surface area (Å²) >= 11 is 5.94. The van der Waals surface area contributed by atoms with Crippen LogP contribution in [0.1, 0.15) is 17.9 Å². The van der Waals surface area contributed by atoms with Crippen molar-refractivity contribution in [1.29, 1.82) is 0 Å². The molecule has 1 aliphatic carbocycles. The van der Waals surface area contributed by atoms with E-state index in [0.717, 1.165) is 0 Å². The van der Waals surface area contributed by atoms with Crippen molar-refractivity contribution in [3.8, 4) is 0 Å². The van der Waals surface area contributed by atoms with Crippen LogP contribution in [0.2, 0.25) is 5.02 Å². The quantitative estimate of drug-likeness (QED) is 0.832. The molecule has 1 aromatic rings. The zero-order chi connectivity index (χ0) is 11.1. The zero-order valence-corrected chi connectivity index (χ0v) is 8.97. The summed E-state index contributed by atoms with van der Waals surface area (Å²) in [6.07, 6.45) is 0.709. The first-order valence-electron chi connectivity index (χ1n) is 4.89. The van der Waals surface area contributed by atoms with E-state index in [1.165, 1.54) is 6.07 Å². The van der Waals surface area contributed by atoms with Crippen LogP contribution in [0.3, 0.4) is 0 Å². The van der Waals surface area contributed by atoms with Crippen LogP contribution in [0.25, 0.3) is 0 Å². The first-order chi connectivity index (χ1) is 7.14. The molecule has 2 unspecified atom stereocenters. The first kappa shape index (κ1) is 10.9. The van der Waals surface area contributed by atoms with Crippen LogP contribution in [0, 0.1) is 11.2 Å². The molecule has 1 aromatic carbocycles. The number of aliphatic hydroxyl groups excluding tert-OH is 1. The molecule has 1 aliphatic rings. The molecule has 2 atom stereocenters. The van der Waals surface area contributed by atoms with E-state index < -0.39 is 0 Å². The average Bonchev–Trinajstić information content (AvgIpc) is 2.93. The summed E-state index contributed by atoms with van der Waals surface area (Å²) in [6, 6.07) is 4.63. The zero-order valence-electron chi connectivity index (χ0n) is 8.21. The smallest absolute Gasteiger partial charge is 0.128 e. The molecule has 4 heteroatoms. The number of hydrogen-bond acceptors (Lipinski definition) is 2. The second-order valence-corrected chi connectivity index (χ2v) is 4.52. The average molecular weight is 230 g/mol. The van der Waals surface area contributed by atoms with Crippen molar-refractivity contribution in [2.75, 3.05) is 13.2 Å². The molecule has 0 radical (unpaired) electrons. The van der Waals surface area contributed by atoms with Crippen molar-refractivity contribution in [2.45, 2.75) is 12.3 Å². The summed E-state index contributed by atoms with van der Waals surface area (Å²) < 4.78 is 13.6. The summed E-state index contributed by atoms with van der Waals surface area (Å²) in [7, 11) is 0. The fourth-order valence-corrected chi connectivity index (χ4v) is 2.36. The lowest BCUT2D eigenvalue weighted by atomic mass is 9.99. The molecule has 0 heterocycles. The minimum absolute atomic E-state index is 0.0150. The summed E-state index contributed by atoms with van der Waals surface area (Å²) in [5.74, 6) is -0.350. The maximum Gasteiger partial charge on any atom is 0.128 e. The van der Waals surface area contributed by atoms with E-state index in [1.54, 1.807) is 12.1 Å². The monoisotopic (exact) mass is 229 g/mol. The molecule has 82 valence electrons. The number of nitrogens with two attached hydrogens (primary N) is 1. The van der Waals surface area contributed by atoms with E-state index in [1.807, 2.05) is 0 Å². The maximum absolute atomic E-state index is 13.6. The molecule has 1 fully saturated rings. The molecular formula is C11H13ClFNO. The van der Waals surface area contributed by atoms with E-state index in [0.29, 0.717) is 23.6 Å². The molecular weight excluding hydrogens is 217 g/mol. The second-order valence-electron chi connectivity index (χ2n) is 4.12. The summed E-state index contributed by atoms with van der Waals surface area (Å²) in [5, 5.41) is 9.64. The molecule has 1 saturated carbocycles. The van der Waals surface area contributed by atoms with Crippen LogP contribution in [0.4, 0.5) is 4.39 Å². The van der Waals surface area contributed by atoms with E-state index in [2.05, 4.69) is 0 Å². The Balaban J connectivity index is 2.34. The van der Waals surface area contributed by atoms with E-state index in [-0.39, 0.29) is 23.8 Å². The van der Waals surface area contributed by atoms with Crippen LogP contribution >= 0.6 is 11.6 Å². The molecule has 0 spiro atoms. The highest BCUT2D eigenvalue weighted by Crippen LogP contribution is 2.59. The first-order valence-corrected chi connectivity index (χ1v) is 5.27. The van der Waals surface area contributed by atoms with Crippen LogP contribution in [-0.2, 0) is 0 Å². The number of hydrogen-bond donors (Lipinski definition) is 2. The molecule has 0 saturated heterocycles. The Bertz CT molecular complexity index is 359. The summed E-state index contributed by atoms with van der Waals surface area (Å²) in [5.41, 5.74) is 5.73. The third-order valence-corrected chi connectivity index (χ3v) is 3.59. The number of halogens is 2. The van der Waals surface area contributed by atoms with E-state index in [9.17, 15) is 9.50 Å². The Morgan fingerprint density at radius 3 is 2.80 bits per heavy atom. The molecule has 0 aliphatic heterocycles. The fourth-order valence-electron chi connectivity index (χ4n) is 2.06. The molecule has 15 heavy (non-hydrogen) atoms. The van der Waals surface area contributed by atoms with Gasteiger partial charge in [-0.2, -0.15) is 0 Å². The van der Waals surface area contributed by atoms with Crippen LogP contribution in [0.5, 0.6) is 0 Å². The predicted molar refractivity (Wildman–Crippen MR) is 57.3 cm³/mol. The molecule has 2 rings (SSSR count). The fraction of sp³-hybridized carbons (Fsp3) is 0.455. The van der Waals surface area contributed by atoms with Gasteiger partial charge in [-0.1, -0.05) is 17.7 Å². The topological polar surface area (TPSA) is 46.2 Å². The number of aliphatic hydroxyl groups is 1. The van der Waals surface area contributed by atoms with Gasteiger partial charge in [-0.25, -0.2) is 4.39 Å². The highest BCUT2D eigenvalue weighted by atomic mass is 35.5. The van der Waals surface area contributed by atoms with Crippen LogP contribution in [0.15, 0.2) is 18.2 Å². The van der Waals surface area contributed by atoms with Gasteiger partial charge in [0.25, 0.3) is 0 Å². The minimum atomic E-state index is -0.355. The van der Waals surface area contributed by atoms with Crippen molar-refractivity contribution in [2.24, 2.45) is 11.1 Å². The molecule has 2 nitrogen and oxygen atoms in total. The number of benzene rings is 1. The Morgan fingerprint density at radius 1 is 1.60 bits per heavy atom. The van der Waals surface area contributed by atoms with Crippen molar-refractivity contribution in [3.63, 3.8) is 0 Å². The van der Waals surface area contributed by atoms with Gasteiger partial charge in [-0.3, -0.25) is 0 Å². The van der Waals surface area contributed by atoms with Gasteiger partial charge >= 0.3 is 0 Å². The highest BCUT2D eigenvalue weighted by molar-refractivity contribution is 6.31. The van der Waals surface area contributed by atoms with Gasteiger partial charge in [0.15, 0.2) is 0 Å². The Labute approximate surface area is 92.9 Å². The normalized spacial score (nSPS) is 29.2. The Hall–Kier alpha value is -0.640. The van der Waals surface area contributed by atoms with Gasteiger partial charge in [0.05, 0.1) is 6.61 Å². The van der Waals surface area contributed by atoms with E-state index >= 15 is 0 Å². The van der Waals surface area contributed by atoms with Gasteiger partial charge < -0.3 is 10.8 Å². The molecule has 3 N–H and O–H groups in total. The molecule has 0 bridgehead atoms. The number of rotatable bonds is 3. The molecule has 0 amide bonds. The van der Waals surface area contributed by atoms with Crippen LogP contribution < -0.4 is 5.73 Å². The predicted octanol–water partition coefficient (Wildman–Crippen LogP) is 1.90. The van der Waals surface area contributed by atoms with Crippen molar-refractivity contribution >= 4 is 11.6 Å². The van der Waals surface area contributed by atoms with Crippen molar-refractivity contribution in [1.82, 2.24) is 0 Å². The second kappa shape index (κ2) is 3.74. The highest BCUT2D eigenvalue weighted by Gasteiger charge is 2.54. The van der Waals surface area contributed by atoms with Crippen molar-refractivity contribution < 1.29 is 9.50 Å². The maximum atomic E-state index is 13.6. The Kier molecular flexibility index (Phi) is 2.71.